The van der Waals surface area contributed by atoms with E-state index in [4.69, 9.17) is 23.9 Å². The topological polar surface area (TPSA) is 145 Å². The van der Waals surface area contributed by atoms with Gasteiger partial charge in [-0.05, 0) is 167 Å². The Hall–Kier alpha value is -3.92. The summed E-state index contributed by atoms with van der Waals surface area (Å²) in [6.07, 6.45) is 0.995. The number of phenolic OH excluding ortho intramolecular Hbond substituents is 2. The zero-order chi connectivity index (χ0) is 39.0. The molecule has 0 saturated heterocycles. The number of benzene rings is 4. The van der Waals surface area contributed by atoms with E-state index in [1.807, 2.05) is 27.7 Å². The van der Waals surface area contributed by atoms with E-state index in [2.05, 4.69) is 74.0 Å². The molecular weight excluding hydrogens is 948 g/mol. The summed E-state index contributed by atoms with van der Waals surface area (Å²) in [5.74, 6) is 0.574. The molecule has 0 radical (unpaired) electrons. The van der Waals surface area contributed by atoms with Crippen molar-refractivity contribution in [3.63, 3.8) is 0 Å². The standard InChI is InChI=1S/C38H36Br4N2O9/c1-7-24-16-25(8-10-32(24)45)49-34-28(39)12-22(13-29(34)40)18-43-52-20(2)36(47)51-37(48)21(3)53-44-19-23-14-30(41)35(31(42)15-23)50-26-9-11-33(46)27(17-26)38(4,5)6/h8-21,45-46H,7H2,1-6H3. The molecule has 0 aliphatic carbocycles. The lowest BCUT2D eigenvalue weighted by Crippen LogP contribution is -2.30. The van der Waals surface area contributed by atoms with E-state index in [9.17, 15) is 19.8 Å². The number of hydrogen-bond acceptors (Lipinski definition) is 11. The second kappa shape index (κ2) is 18.4. The molecule has 0 spiro atoms. The number of phenols is 2. The van der Waals surface area contributed by atoms with Crippen LogP contribution in [-0.4, -0.2) is 46.8 Å². The Kier molecular flexibility index (Phi) is 14.5. The van der Waals surface area contributed by atoms with Crippen LogP contribution in [0.15, 0.2) is 88.9 Å². The highest BCUT2D eigenvalue weighted by Crippen LogP contribution is 2.41. The molecule has 53 heavy (non-hydrogen) atoms. The fourth-order valence-corrected chi connectivity index (χ4v) is 7.31. The molecule has 0 heterocycles. The molecule has 11 nitrogen and oxygen atoms in total. The Morgan fingerprint density at radius 1 is 0.698 bits per heavy atom. The number of carbonyl (C=O) groups is 2. The summed E-state index contributed by atoms with van der Waals surface area (Å²) in [5, 5.41) is 27.9. The molecule has 0 bridgehead atoms. The van der Waals surface area contributed by atoms with Crippen LogP contribution in [0.1, 0.15) is 63.8 Å². The molecule has 0 aliphatic rings. The molecular formula is C38H36Br4N2O9. The first-order valence-corrected chi connectivity index (χ1v) is 19.3. The summed E-state index contributed by atoms with van der Waals surface area (Å²) in [6.45, 7) is 10.7. The molecule has 0 aliphatic heterocycles. The summed E-state index contributed by atoms with van der Waals surface area (Å²) in [7, 11) is 0. The van der Waals surface area contributed by atoms with Gasteiger partial charge in [-0.3, -0.25) is 0 Å². The maximum Gasteiger partial charge on any atom is 0.357 e. The average molecular weight is 984 g/mol. The number of esters is 2. The van der Waals surface area contributed by atoms with Crippen LogP contribution in [0.25, 0.3) is 0 Å². The average Bonchev–Trinajstić information content (AvgIpc) is 3.08. The molecule has 0 saturated carbocycles. The molecule has 280 valence electrons. The van der Waals surface area contributed by atoms with E-state index in [1.54, 1.807) is 60.7 Å². The third kappa shape index (κ3) is 11.5. The van der Waals surface area contributed by atoms with Crippen molar-refractivity contribution in [2.75, 3.05) is 0 Å². The lowest BCUT2D eigenvalue weighted by molar-refractivity contribution is -0.173. The molecule has 2 unspecified atom stereocenters. The lowest BCUT2D eigenvalue weighted by atomic mass is 9.86. The summed E-state index contributed by atoms with van der Waals surface area (Å²) >= 11 is 14.0. The normalized spacial score (nSPS) is 12.8. The van der Waals surface area contributed by atoms with Gasteiger partial charge in [0.2, 0.25) is 12.2 Å². The molecule has 4 aromatic rings. The fourth-order valence-electron chi connectivity index (χ4n) is 4.54. The van der Waals surface area contributed by atoms with Crippen LogP contribution in [0.5, 0.6) is 34.5 Å². The van der Waals surface area contributed by atoms with Gasteiger partial charge in [-0.25, -0.2) is 9.59 Å². The third-order valence-electron chi connectivity index (χ3n) is 7.40. The van der Waals surface area contributed by atoms with Crippen LogP contribution in [-0.2, 0) is 35.8 Å². The highest BCUT2D eigenvalue weighted by atomic mass is 79.9. The molecule has 0 fully saturated rings. The number of aryl methyl sites for hydroxylation is 1. The number of aromatic hydroxyl groups is 2. The van der Waals surface area contributed by atoms with Gasteiger partial charge >= 0.3 is 11.9 Å². The van der Waals surface area contributed by atoms with Gasteiger partial charge < -0.3 is 34.1 Å². The van der Waals surface area contributed by atoms with Gasteiger partial charge in [0.25, 0.3) is 0 Å². The predicted molar refractivity (Wildman–Crippen MR) is 216 cm³/mol. The molecule has 0 amide bonds. The molecule has 4 rings (SSSR count). The minimum Gasteiger partial charge on any atom is -0.508 e. The van der Waals surface area contributed by atoms with Gasteiger partial charge in [0, 0.05) is 5.56 Å². The van der Waals surface area contributed by atoms with Gasteiger partial charge in [0.1, 0.15) is 23.0 Å². The zero-order valence-electron chi connectivity index (χ0n) is 29.4. The number of halogens is 4. The van der Waals surface area contributed by atoms with Crippen molar-refractivity contribution >= 4 is 88.1 Å². The second-order valence-corrected chi connectivity index (χ2v) is 16.0. The summed E-state index contributed by atoms with van der Waals surface area (Å²) in [5.41, 5.74) is 2.44. The van der Waals surface area contributed by atoms with Crippen LogP contribution in [0.2, 0.25) is 0 Å². The zero-order valence-corrected chi connectivity index (χ0v) is 35.8. The summed E-state index contributed by atoms with van der Waals surface area (Å²) < 4.78 is 19.4. The van der Waals surface area contributed by atoms with Gasteiger partial charge in [-0.1, -0.05) is 38.0 Å². The van der Waals surface area contributed by atoms with Crippen LogP contribution < -0.4 is 9.47 Å². The number of oxime groups is 2. The van der Waals surface area contributed by atoms with Crippen molar-refractivity contribution in [2.24, 2.45) is 10.3 Å². The predicted octanol–water partition coefficient (Wildman–Crippen LogP) is 10.8. The van der Waals surface area contributed by atoms with E-state index < -0.39 is 24.1 Å². The first-order chi connectivity index (χ1) is 25.0. The van der Waals surface area contributed by atoms with Crippen LogP contribution in [0.3, 0.4) is 0 Å². The highest BCUT2D eigenvalue weighted by Gasteiger charge is 2.25. The maximum absolute atomic E-state index is 12.5. The quantitative estimate of drug-likeness (QED) is 0.0579. The van der Waals surface area contributed by atoms with E-state index in [0.717, 1.165) is 11.1 Å². The SMILES string of the molecule is CCc1cc(Oc2c(Br)cc(C=NOC(C)C(=O)OC(=O)C(C)ON=Cc3cc(Br)c(Oc4ccc(O)c(C(C)(C)C)c4)c(Br)c3)cc2Br)ccc1O. The van der Waals surface area contributed by atoms with Crippen molar-refractivity contribution in [2.45, 2.75) is 65.6 Å². The van der Waals surface area contributed by atoms with Crippen LogP contribution in [0.4, 0.5) is 0 Å². The Bertz CT molecular complexity index is 2000. The number of nitrogens with zero attached hydrogens (tertiary/aromatic N) is 2. The van der Waals surface area contributed by atoms with E-state index in [0.29, 0.717) is 58.4 Å². The van der Waals surface area contributed by atoms with Crippen LogP contribution >= 0.6 is 63.7 Å². The Balaban J connectivity index is 1.28. The molecule has 4 aromatic carbocycles. The summed E-state index contributed by atoms with van der Waals surface area (Å²) in [6, 6.07) is 17.0. The first-order valence-electron chi connectivity index (χ1n) is 16.1. The number of carbonyl (C=O) groups excluding carboxylic acids is 2. The van der Waals surface area contributed by atoms with Gasteiger partial charge in [0.05, 0.1) is 30.3 Å². The minimum atomic E-state index is -1.21. The fraction of sp³-hybridized carbons (Fsp3) is 0.263. The van der Waals surface area contributed by atoms with Crippen molar-refractivity contribution in [1.29, 1.82) is 0 Å². The van der Waals surface area contributed by atoms with E-state index in [1.165, 1.54) is 26.3 Å². The van der Waals surface area contributed by atoms with Crippen molar-refractivity contribution < 1.29 is 43.7 Å². The monoisotopic (exact) mass is 980 g/mol. The second-order valence-electron chi connectivity index (χ2n) is 12.6. The third-order valence-corrected chi connectivity index (χ3v) is 9.75. The summed E-state index contributed by atoms with van der Waals surface area (Å²) in [4.78, 5) is 35.4. The lowest BCUT2D eigenvalue weighted by Gasteiger charge is -2.21. The number of rotatable bonds is 13. The van der Waals surface area contributed by atoms with Crippen molar-refractivity contribution in [3.8, 4) is 34.5 Å². The minimum absolute atomic E-state index is 0.191. The first kappa shape index (κ1) is 41.8. The Morgan fingerprint density at radius 2 is 1.11 bits per heavy atom. The number of ether oxygens (including phenoxy) is 3. The highest BCUT2D eigenvalue weighted by molar-refractivity contribution is 9.11. The van der Waals surface area contributed by atoms with E-state index >= 15 is 0 Å². The molecule has 15 heteroatoms. The Labute approximate surface area is 340 Å². The maximum atomic E-state index is 12.5. The number of hydrogen-bond donors (Lipinski definition) is 2. The van der Waals surface area contributed by atoms with Crippen molar-refractivity contribution in [1.82, 2.24) is 0 Å². The smallest absolute Gasteiger partial charge is 0.357 e. The largest absolute Gasteiger partial charge is 0.508 e. The molecule has 2 atom stereocenters. The van der Waals surface area contributed by atoms with Gasteiger partial charge in [-0.15, -0.1) is 0 Å². The van der Waals surface area contributed by atoms with E-state index in [-0.39, 0.29) is 16.9 Å². The van der Waals surface area contributed by atoms with Crippen molar-refractivity contribution in [3.05, 3.63) is 101 Å². The Morgan fingerprint density at radius 3 is 1.53 bits per heavy atom. The van der Waals surface area contributed by atoms with Gasteiger partial charge in [-0.2, -0.15) is 0 Å². The van der Waals surface area contributed by atoms with Crippen LogP contribution in [0, 0.1) is 0 Å². The molecule has 2 N–H and O–H groups in total. The molecule has 0 aromatic heterocycles. The van der Waals surface area contributed by atoms with Gasteiger partial charge in [0.15, 0.2) is 11.5 Å².